The molecule has 1 aliphatic rings. The molecule has 0 saturated heterocycles. The van der Waals surface area contributed by atoms with Crippen molar-refractivity contribution in [2.24, 2.45) is 10.7 Å². The molecule has 0 fully saturated rings. The third kappa shape index (κ3) is 2.07. The van der Waals surface area contributed by atoms with E-state index in [1.54, 1.807) is 0 Å². The second kappa shape index (κ2) is 4.00. The van der Waals surface area contributed by atoms with E-state index in [0.717, 1.165) is 17.4 Å². The second-order valence-electron chi connectivity index (χ2n) is 3.30. The number of nitrogens with one attached hydrogen (secondary N) is 1. The number of halogens is 1. The first kappa shape index (κ1) is 9.52. The van der Waals surface area contributed by atoms with Crippen LogP contribution in [0, 0.1) is 0 Å². The van der Waals surface area contributed by atoms with Gasteiger partial charge in [-0.2, -0.15) is 0 Å². The van der Waals surface area contributed by atoms with Crippen molar-refractivity contribution in [3.63, 3.8) is 0 Å². The molecule has 0 radical (unpaired) electrons. The molecule has 14 heavy (non-hydrogen) atoms. The molecule has 1 atom stereocenters. The number of rotatable bonds is 1. The number of benzene rings is 1. The summed E-state index contributed by atoms with van der Waals surface area (Å²) in [7, 11) is 0. The zero-order valence-electron chi connectivity index (χ0n) is 7.70. The van der Waals surface area contributed by atoms with E-state index in [1.807, 2.05) is 12.1 Å². The van der Waals surface area contributed by atoms with Crippen molar-refractivity contribution in [3.05, 3.63) is 34.3 Å². The molecule has 74 valence electrons. The van der Waals surface area contributed by atoms with Crippen LogP contribution in [0.4, 0.5) is 0 Å². The largest absolute Gasteiger partial charge is 0.370 e. The van der Waals surface area contributed by atoms with Crippen LogP contribution in [0.3, 0.4) is 0 Å². The second-order valence-corrected chi connectivity index (χ2v) is 4.21. The molecule has 3 nitrogen and oxygen atoms in total. The lowest BCUT2D eigenvalue weighted by molar-refractivity contribution is 0.601. The molecule has 0 saturated carbocycles. The van der Waals surface area contributed by atoms with Crippen LogP contribution in [0.2, 0.25) is 0 Å². The molecular formula is C10H12BrN3. The van der Waals surface area contributed by atoms with E-state index in [0.29, 0.717) is 5.96 Å². The fourth-order valence-corrected chi connectivity index (χ4v) is 1.81. The SMILES string of the molecule is NC1=NC(c2ccc(Br)cc2)CCN1. The van der Waals surface area contributed by atoms with E-state index >= 15 is 0 Å². The summed E-state index contributed by atoms with van der Waals surface area (Å²) in [4.78, 5) is 4.35. The molecular weight excluding hydrogens is 242 g/mol. The van der Waals surface area contributed by atoms with Crippen molar-refractivity contribution >= 4 is 21.9 Å². The minimum atomic E-state index is 0.212. The average Bonchev–Trinajstić information content (AvgIpc) is 2.19. The third-order valence-corrected chi connectivity index (χ3v) is 2.80. The van der Waals surface area contributed by atoms with Crippen molar-refractivity contribution in [1.29, 1.82) is 0 Å². The van der Waals surface area contributed by atoms with Crippen LogP contribution >= 0.6 is 15.9 Å². The van der Waals surface area contributed by atoms with Crippen LogP contribution in [0.1, 0.15) is 18.0 Å². The minimum absolute atomic E-state index is 0.212. The molecule has 0 aliphatic carbocycles. The Labute approximate surface area is 91.5 Å². The topological polar surface area (TPSA) is 50.4 Å². The van der Waals surface area contributed by atoms with Crippen LogP contribution in [0.5, 0.6) is 0 Å². The highest BCUT2D eigenvalue weighted by atomic mass is 79.9. The van der Waals surface area contributed by atoms with Gasteiger partial charge in [0, 0.05) is 11.0 Å². The summed E-state index contributed by atoms with van der Waals surface area (Å²) >= 11 is 3.41. The zero-order valence-corrected chi connectivity index (χ0v) is 9.29. The number of hydrogen-bond donors (Lipinski definition) is 2. The van der Waals surface area contributed by atoms with Crippen LogP contribution in [-0.4, -0.2) is 12.5 Å². The van der Waals surface area contributed by atoms with Gasteiger partial charge in [0.2, 0.25) is 0 Å². The van der Waals surface area contributed by atoms with E-state index < -0.39 is 0 Å². The summed E-state index contributed by atoms with van der Waals surface area (Å²) in [5.41, 5.74) is 6.84. The quantitative estimate of drug-likeness (QED) is 0.802. The summed E-state index contributed by atoms with van der Waals surface area (Å²) in [6.45, 7) is 0.899. The maximum atomic E-state index is 5.62. The minimum Gasteiger partial charge on any atom is -0.370 e. The molecule has 4 heteroatoms. The number of aliphatic imine (C=N–C) groups is 1. The number of hydrogen-bond acceptors (Lipinski definition) is 3. The van der Waals surface area contributed by atoms with E-state index in [-0.39, 0.29) is 6.04 Å². The molecule has 1 heterocycles. The van der Waals surface area contributed by atoms with Crippen LogP contribution in [0.25, 0.3) is 0 Å². The summed E-state index contributed by atoms with van der Waals surface area (Å²) in [5, 5.41) is 3.01. The van der Waals surface area contributed by atoms with Gasteiger partial charge in [-0.05, 0) is 24.1 Å². The van der Waals surface area contributed by atoms with Gasteiger partial charge in [0.25, 0.3) is 0 Å². The normalized spacial score (nSPS) is 21.2. The van der Waals surface area contributed by atoms with Crippen molar-refractivity contribution in [2.75, 3.05) is 6.54 Å². The molecule has 0 aromatic heterocycles. The van der Waals surface area contributed by atoms with E-state index in [9.17, 15) is 0 Å². The first-order valence-electron chi connectivity index (χ1n) is 4.58. The van der Waals surface area contributed by atoms with Gasteiger partial charge in [-0.25, -0.2) is 4.99 Å². The van der Waals surface area contributed by atoms with E-state index in [4.69, 9.17) is 5.73 Å². The van der Waals surface area contributed by atoms with Gasteiger partial charge in [0.15, 0.2) is 5.96 Å². The van der Waals surface area contributed by atoms with Crippen molar-refractivity contribution in [3.8, 4) is 0 Å². The number of nitrogens with two attached hydrogens (primary N) is 1. The Morgan fingerprint density at radius 1 is 1.36 bits per heavy atom. The van der Waals surface area contributed by atoms with Gasteiger partial charge in [0.05, 0.1) is 6.04 Å². The maximum Gasteiger partial charge on any atom is 0.189 e. The van der Waals surface area contributed by atoms with Gasteiger partial charge in [-0.15, -0.1) is 0 Å². The average molecular weight is 254 g/mol. The highest BCUT2D eigenvalue weighted by Gasteiger charge is 2.14. The highest BCUT2D eigenvalue weighted by molar-refractivity contribution is 9.10. The van der Waals surface area contributed by atoms with Crippen LogP contribution in [-0.2, 0) is 0 Å². The fourth-order valence-electron chi connectivity index (χ4n) is 1.54. The Morgan fingerprint density at radius 2 is 2.07 bits per heavy atom. The molecule has 1 aromatic carbocycles. The lowest BCUT2D eigenvalue weighted by atomic mass is 10.0. The van der Waals surface area contributed by atoms with Gasteiger partial charge < -0.3 is 11.1 Å². The molecule has 0 spiro atoms. The molecule has 1 unspecified atom stereocenters. The standard InChI is InChI=1S/C10H12BrN3/c11-8-3-1-7(2-4-8)9-5-6-13-10(12)14-9/h1-4,9H,5-6H2,(H3,12,13,14). The van der Waals surface area contributed by atoms with Crippen molar-refractivity contribution in [1.82, 2.24) is 5.32 Å². The summed E-state index contributed by atoms with van der Waals surface area (Å²) in [6, 6.07) is 8.43. The predicted octanol–water partition coefficient (Wildman–Crippen LogP) is 1.80. The highest BCUT2D eigenvalue weighted by Crippen LogP contribution is 2.23. The number of guanidine groups is 1. The Hall–Kier alpha value is -1.03. The zero-order chi connectivity index (χ0) is 9.97. The lowest BCUT2D eigenvalue weighted by Gasteiger charge is -2.19. The first-order chi connectivity index (χ1) is 6.75. The third-order valence-electron chi connectivity index (χ3n) is 2.27. The van der Waals surface area contributed by atoms with Crippen LogP contribution < -0.4 is 11.1 Å². The predicted molar refractivity (Wildman–Crippen MR) is 61.1 cm³/mol. The van der Waals surface area contributed by atoms with Crippen molar-refractivity contribution in [2.45, 2.75) is 12.5 Å². The van der Waals surface area contributed by atoms with Gasteiger partial charge in [-0.3, -0.25) is 0 Å². The summed E-state index contributed by atoms with van der Waals surface area (Å²) < 4.78 is 1.09. The fraction of sp³-hybridized carbons (Fsp3) is 0.300. The van der Waals surface area contributed by atoms with Crippen LogP contribution in [0.15, 0.2) is 33.7 Å². The monoisotopic (exact) mass is 253 g/mol. The van der Waals surface area contributed by atoms with Gasteiger partial charge in [-0.1, -0.05) is 28.1 Å². The summed E-state index contributed by atoms with van der Waals surface area (Å²) in [6.07, 6.45) is 1.00. The molecule has 0 amide bonds. The van der Waals surface area contributed by atoms with E-state index in [2.05, 4.69) is 38.4 Å². The summed E-state index contributed by atoms with van der Waals surface area (Å²) in [5.74, 6) is 0.546. The molecule has 1 aromatic rings. The molecule has 1 aliphatic heterocycles. The number of nitrogens with zero attached hydrogens (tertiary/aromatic N) is 1. The Kier molecular flexibility index (Phi) is 2.72. The van der Waals surface area contributed by atoms with Gasteiger partial charge in [0.1, 0.15) is 0 Å². The lowest BCUT2D eigenvalue weighted by Crippen LogP contribution is -2.36. The maximum absolute atomic E-state index is 5.62. The molecule has 2 rings (SSSR count). The van der Waals surface area contributed by atoms with E-state index in [1.165, 1.54) is 5.56 Å². The van der Waals surface area contributed by atoms with Crippen molar-refractivity contribution < 1.29 is 0 Å². The first-order valence-corrected chi connectivity index (χ1v) is 5.37. The Balaban J connectivity index is 2.22. The smallest absolute Gasteiger partial charge is 0.189 e. The Morgan fingerprint density at radius 3 is 2.71 bits per heavy atom. The molecule has 3 N–H and O–H groups in total. The van der Waals surface area contributed by atoms with Gasteiger partial charge >= 0.3 is 0 Å². The molecule has 0 bridgehead atoms. The Bertz CT molecular complexity index is 345.